The van der Waals surface area contributed by atoms with E-state index < -0.39 is 0 Å². The van der Waals surface area contributed by atoms with Gasteiger partial charge in [0.2, 0.25) is 11.8 Å². The van der Waals surface area contributed by atoms with Crippen molar-refractivity contribution in [3.8, 4) is 0 Å². The number of anilines is 1. The molecule has 0 aliphatic heterocycles. The monoisotopic (exact) mass is 248 g/mol. The van der Waals surface area contributed by atoms with Crippen LogP contribution >= 0.6 is 0 Å². The van der Waals surface area contributed by atoms with E-state index >= 15 is 0 Å². The molecule has 0 atom stereocenters. The molecule has 1 rings (SSSR count). The number of carbonyl (C=O) groups is 2. The highest BCUT2D eigenvalue weighted by Gasteiger charge is 2.09. The van der Waals surface area contributed by atoms with Crippen LogP contribution in [0.15, 0.2) is 18.2 Å². The first-order chi connectivity index (χ1) is 8.58. The van der Waals surface area contributed by atoms with Gasteiger partial charge in [0, 0.05) is 12.6 Å². The minimum atomic E-state index is -0.204. The highest BCUT2D eigenvalue weighted by Crippen LogP contribution is 2.22. The zero-order valence-electron chi connectivity index (χ0n) is 11.2. The topological polar surface area (TPSA) is 58.2 Å². The van der Waals surface area contributed by atoms with E-state index in [4.69, 9.17) is 0 Å². The summed E-state index contributed by atoms with van der Waals surface area (Å²) >= 11 is 0. The molecule has 0 aromatic heterocycles. The third-order valence-corrected chi connectivity index (χ3v) is 2.76. The van der Waals surface area contributed by atoms with Crippen molar-refractivity contribution in [2.75, 3.05) is 11.9 Å². The molecule has 0 fully saturated rings. The van der Waals surface area contributed by atoms with Gasteiger partial charge in [-0.15, -0.1) is 0 Å². The Hall–Kier alpha value is -1.84. The van der Waals surface area contributed by atoms with Gasteiger partial charge in [0.15, 0.2) is 0 Å². The summed E-state index contributed by atoms with van der Waals surface area (Å²) in [6.07, 6.45) is 1.73. The van der Waals surface area contributed by atoms with E-state index in [1.807, 2.05) is 18.2 Å². The second-order valence-corrected chi connectivity index (χ2v) is 4.12. The van der Waals surface area contributed by atoms with Gasteiger partial charge in [0.25, 0.3) is 0 Å². The summed E-state index contributed by atoms with van der Waals surface area (Å²) in [6.45, 7) is 5.51. The van der Waals surface area contributed by atoms with E-state index in [9.17, 15) is 9.59 Å². The molecule has 0 bridgehead atoms. The molecule has 1 aromatic rings. The van der Waals surface area contributed by atoms with Crippen molar-refractivity contribution >= 4 is 17.5 Å². The van der Waals surface area contributed by atoms with Crippen LogP contribution in [0.25, 0.3) is 0 Å². The van der Waals surface area contributed by atoms with E-state index in [1.165, 1.54) is 6.92 Å². The Balaban J connectivity index is 2.82. The van der Waals surface area contributed by atoms with Crippen molar-refractivity contribution in [3.63, 3.8) is 0 Å². The smallest absolute Gasteiger partial charge is 0.243 e. The Morgan fingerprint density at radius 2 is 1.67 bits per heavy atom. The lowest BCUT2D eigenvalue weighted by Gasteiger charge is -2.14. The van der Waals surface area contributed by atoms with Gasteiger partial charge in [-0.05, 0) is 24.0 Å². The number of amides is 2. The zero-order chi connectivity index (χ0) is 13.5. The summed E-state index contributed by atoms with van der Waals surface area (Å²) in [5.41, 5.74) is 3.12. The van der Waals surface area contributed by atoms with Crippen LogP contribution in [0.5, 0.6) is 0 Å². The van der Waals surface area contributed by atoms with E-state index in [0.717, 1.165) is 29.7 Å². The number of nitrogens with one attached hydrogen (secondary N) is 2. The summed E-state index contributed by atoms with van der Waals surface area (Å²) < 4.78 is 0. The molecule has 0 aliphatic rings. The van der Waals surface area contributed by atoms with Crippen LogP contribution in [0, 0.1) is 0 Å². The first-order valence-corrected chi connectivity index (χ1v) is 6.23. The molecule has 4 heteroatoms. The fourth-order valence-electron chi connectivity index (χ4n) is 1.79. The summed E-state index contributed by atoms with van der Waals surface area (Å²) in [7, 11) is 0. The molecule has 98 valence electrons. The number of hydrogen-bond donors (Lipinski definition) is 2. The van der Waals surface area contributed by atoms with Gasteiger partial charge in [0.05, 0.1) is 6.54 Å². The van der Waals surface area contributed by atoms with E-state index in [1.54, 1.807) is 0 Å². The molecule has 0 saturated heterocycles. The first-order valence-electron chi connectivity index (χ1n) is 6.23. The van der Waals surface area contributed by atoms with E-state index in [0.29, 0.717) is 0 Å². The highest BCUT2D eigenvalue weighted by atomic mass is 16.2. The summed E-state index contributed by atoms with van der Waals surface area (Å²) in [4.78, 5) is 22.5. The van der Waals surface area contributed by atoms with Crippen molar-refractivity contribution in [1.29, 1.82) is 0 Å². The van der Waals surface area contributed by atoms with E-state index in [-0.39, 0.29) is 18.4 Å². The van der Waals surface area contributed by atoms with Crippen molar-refractivity contribution in [2.24, 2.45) is 0 Å². The second-order valence-electron chi connectivity index (χ2n) is 4.12. The second kappa shape index (κ2) is 6.79. The number of hydrogen-bond acceptors (Lipinski definition) is 2. The SMILES string of the molecule is CCc1cccc(CC)c1NC(=O)CNC(C)=O. The molecule has 0 saturated carbocycles. The first kappa shape index (κ1) is 14.2. The zero-order valence-corrected chi connectivity index (χ0v) is 11.2. The molecule has 2 amide bonds. The van der Waals surface area contributed by atoms with Crippen LogP contribution in [0.2, 0.25) is 0 Å². The lowest BCUT2D eigenvalue weighted by molar-refractivity contribution is -0.122. The van der Waals surface area contributed by atoms with E-state index in [2.05, 4.69) is 24.5 Å². The molecule has 0 aliphatic carbocycles. The maximum absolute atomic E-state index is 11.7. The maximum atomic E-state index is 11.7. The molecule has 0 unspecified atom stereocenters. The Morgan fingerprint density at radius 3 is 2.11 bits per heavy atom. The molecule has 0 spiro atoms. The third kappa shape index (κ3) is 3.87. The number of benzene rings is 1. The average Bonchev–Trinajstić information content (AvgIpc) is 2.36. The predicted octanol–water partition coefficient (Wildman–Crippen LogP) is 1.89. The number of aryl methyl sites for hydroxylation is 2. The molecule has 2 N–H and O–H groups in total. The standard InChI is InChI=1S/C14H20N2O2/c1-4-11-7-6-8-12(5-2)14(11)16-13(18)9-15-10(3)17/h6-8H,4-5,9H2,1-3H3,(H,15,17)(H,16,18). The highest BCUT2D eigenvalue weighted by molar-refractivity contribution is 5.95. The van der Waals surface area contributed by atoms with Crippen LogP contribution < -0.4 is 10.6 Å². The van der Waals surface area contributed by atoms with Crippen molar-refractivity contribution in [3.05, 3.63) is 29.3 Å². The summed E-state index contributed by atoms with van der Waals surface area (Å²) in [5.74, 6) is -0.398. The average molecular weight is 248 g/mol. The molecular formula is C14H20N2O2. The third-order valence-electron chi connectivity index (χ3n) is 2.76. The van der Waals surface area contributed by atoms with Crippen molar-refractivity contribution in [2.45, 2.75) is 33.6 Å². The van der Waals surface area contributed by atoms with Crippen LogP contribution in [-0.2, 0) is 22.4 Å². The van der Waals surface area contributed by atoms with Gasteiger partial charge in [0.1, 0.15) is 0 Å². The quantitative estimate of drug-likeness (QED) is 0.836. The minimum Gasteiger partial charge on any atom is -0.347 e. The predicted molar refractivity (Wildman–Crippen MR) is 72.5 cm³/mol. The number of carbonyl (C=O) groups excluding carboxylic acids is 2. The Bertz CT molecular complexity index is 419. The summed E-state index contributed by atoms with van der Waals surface area (Å²) in [5, 5.41) is 5.37. The Morgan fingerprint density at radius 1 is 1.11 bits per heavy atom. The largest absolute Gasteiger partial charge is 0.347 e. The van der Waals surface area contributed by atoms with Crippen molar-refractivity contribution < 1.29 is 9.59 Å². The number of para-hydroxylation sites is 1. The molecule has 1 aromatic carbocycles. The Kier molecular flexibility index (Phi) is 5.36. The molecule has 0 radical (unpaired) electrons. The lowest BCUT2D eigenvalue weighted by atomic mass is 10.0. The summed E-state index contributed by atoms with van der Waals surface area (Å²) in [6, 6.07) is 6.02. The molecule has 4 nitrogen and oxygen atoms in total. The lowest BCUT2D eigenvalue weighted by Crippen LogP contribution is -2.31. The van der Waals surface area contributed by atoms with Crippen molar-refractivity contribution in [1.82, 2.24) is 5.32 Å². The number of rotatable bonds is 5. The Labute approximate surface area is 108 Å². The fraction of sp³-hybridized carbons (Fsp3) is 0.429. The van der Waals surface area contributed by atoms with Gasteiger partial charge >= 0.3 is 0 Å². The van der Waals surface area contributed by atoms with Crippen LogP contribution in [0.4, 0.5) is 5.69 Å². The molecular weight excluding hydrogens is 228 g/mol. The van der Waals surface area contributed by atoms with Crippen LogP contribution in [-0.4, -0.2) is 18.4 Å². The van der Waals surface area contributed by atoms with Crippen LogP contribution in [0.1, 0.15) is 31.9 Å². The van der Waals surface area contributed by atoms with Gasteiger partial charge in [-0.3, -0.25) is 9.59 Å². The van der Waals surface area contributed by atoms with Gasteiger partial charge in [-0.2, -0.15) is 0 Å². The van der Waals surface area contributed by atoms with Gasteiger partial charge in [-0.1, -0.05) is 32.0 Å². The van der Waals surface area contributed by atoms with Gasteiger partial charge in [-0.25, -0.2) is 0 Å². The molecule has 0 heterocycles. The maximum Gasteiger partial charge on any atom is 0.243 e. The minimum absolute atomic E-state index is 0.0105. The van der Waals surface area contributed by atoms with Gasteiger partial charge < -0.3 is 10.6 Å². The fourth-order valence-corrected chi connectivity index (χ4v) is 1.79. The molecule has 18 heavy (non-hydrogen) atoms. The normalized spacial score (nSPS) is 9.94. The van der Waals surface area contributed by atoms with Crippen LogP contribution in [0.3, 0.4) is 0 Å².